The maximum Gasteiger partial charge on any atom is 0.320 e. The van der Waals surface area contributed by atoms with Gasteiger partial charge in [-0.05, 0) is 57.0 Å². The molecular weight excluding hydrogens is 294 g/mol. The van der Waals surface area contributed by atoms with E-state index in [0.717, 1.165) is 37.2 Å². The highest BCUT2D eigenvalue weighted by molar-refractivity contribution is 5.78. The molecule has 126 valence electrons. The van der Waals surface area contributed by atoms with E-state index in [1.807, 2.05) is 31.2 Å². The van der Waals surface area contributed by atoms with Crippen molar-refractivity contribution in [3.63, 3.8) is 0 Å². The van der Waals surface area contributed by atoms with Crippen molar-refractivity contribution in [2.24, 2.45) is 0 Å². The van der Waals surface area contributed by atoms with Crippen LogP contribution in [-0.2, 0) is 0 Å². The Labute approximate surface area is 136 Å². The van der Waals surface area contributed by atoms with Gasteiger partial charge in [0.15, 0.2) is 6.23 Å². The Hall–Kier alpha value is -1.79. The number of urea groups is 1. The largest absolute Gasteiger partial charge is 0.494 e. The number of aliphatic hydroxyl groups is 1. The maximum absolute atomic E-state index is 12.2. The highest BCUT2D eigenvalue weighted by Gasteiger charge is 2.50. The number of hydrogen-bond acceptors (Lipinski definition) is 4. The van der Waals surface area contributed by atoms with Crippen LogP contribution in [0.2, 0.25) is 0 Å². The third kappa shape index (κ3) is 3.43. The fourth-order valence-electron chi connectivity index (χ4n) is 3.37. The minimum absolute atomic E-state index is 0.171. The predicted molar refractivity (Wildman–Crippen MR) is 87.4 cm³/mol. The number of carbonyl (C=O) groups is 1. The van der Waals surface area contributed by atoms with Crippen LogP contribution in [0, 0.1) is 6.92 Å². The monoisotopic (exact) mass is 319 g/mol. The van der Waals surface area contributed by atoms with Gasteiger partial charge in [-0.3, -0.25) is 4.90 Å². The molecule has 0 radical (unpaired) electrons. The van der Waals surface area contributed by atoms with Gasteiger partial charge in [-0.25, -0.2) is 4.79 Å². The molecule has 2 saturated heterocycles. The number of ether oxygens (including phenoxy) is 1. The van der Waals surface area contributed by atoms with Crippen LogP contribution in [-0.4, -0.2) is 54.0 Å². The van der Waals surface area contributed by atoms with Gasteiger partial charge in [-0.1, -0.05) is 12.1 Å². The average molecular weight is 319 g/mol. The van der Waals surface area contributed by atoms with Gasteiger partial charge in [-0.15, -0.1) is 0 Å². The molecule has 2 amide bonds. The summed E-state index contributed by atoms with van der Waals surface area (Å²) in [6, 6.07) is 7.73. The molecule has 2 aliphatic rings. The molecule has 2 fully saturated rings. The summed E-state index contributed by atoms with van der Waals surface area (Å²) >= 11 is 0. The number of rotatable bonds is 5. The van der Waals surface area contributed by atoms with E-state index in [-0.39, 0.29) is 6.03 Å². The van der Waals surface area contributed by atoms with Gasteiger partial charge in [0.25, 0.3) is 0 Å². The quantitative estimate of drug-likeness (QED) is 0.714. The molecule has 1 aromatic rings. The maximum atomic E-state index is 12.2. The molecule has 1 atom stereocenters. The van der Waals surface area contributed by atoms with Crippen molar-refractivity contribution in [1.29, 1.82) is 0 Å². The summed E-state index contributed by atoms with van der Waals surface area (Å²) in [4.78, 5) is 13.7. The second-order valence-corrected chi connectivity index (χ2v) is 6.42. The van der Waals surface area contributed by atoms with Crippen LogP contribution in [0.25, 0.3) is 0 Å². The van der Waals surface area contributed by atoms with Crippen LogP contribution in [0.5, 0.6) is 5.75 Å². The number of nitrogens with one attached hydrogen (secondary N) is 2. The molecule has 0 aliphatic carbocycles. The van der Waals surface area contributed by atoms with E-state index in [2.05, 4.69) is 10.6 Å². The van der Waals surface area contributed by atoms with Crippen molar-refractivity contribution in [1.82, 2.24) is 15.5 Å². The van der Waals surface area contributed by atoms with E-state index in [0.29, 0.717) is 19.6 Å². The van der Waals surface area contributed by atoms with E-state index in [1.54, 1.807) is 0 Å². The number of aryl methyl sites for hydroxylation is 1. The van der Waals surface area contributed by atoms with Gasteiger partial charge in [0.1, 0.15) is 5.75 Å². The number of nitrogens with zero attached hydrogens (tertiary/aromatic N) is 1. The van der Waals surface area contributed by atoms with Crippen LogP contribution in [0.3, 0.4) is 0 Å². The zero-order chi connectivity index (χ0) is 16.3. The molecular formula is C17H25N3O3. The molecule has 1 unspecified atom stereocenters. The van der Waals surface area contributed by atoms with E-state index in [4.69, 9.17) is 4.74 Å². The summed E-state index contributed by atoms with van der Waals surface area (Å²) in [6.07, 6.45) is 1.45. The van der Waals surface area contributed by atoms with E-state index < -0.39 is 11.8 Å². The van der Waals surface area contributed by atoms with E-state index in [1.165, 1.54) is 4.90 Å². The molecule has 0 aromatic heterocycles. The third-order valence-electron chi connectivity index (χ3n) is 4.70. The van der Waals surface area contributed by atoms with Gasteiger partial charge in [0.2, 0.25) is 0 Å². The van der Waals surface area contributed by atoms with Crippen LogP contribution in [0.15, 0.2) is 24.3 Å². The number of amides is 2. The normalized spacial score (nSPS) is 23.1. The summed E-state index contributed by atoms with van der Waals surface area (Å²) < 4.78 is 5.70. The summed E-state index contributed by atoms with van der Waals surface area (Å²) in [5.41, 5.74) is 0.671. The second-order valence-electron chi connectivity index (χ2n) is 6.42. The Morgan fingerprint density at radius 3 is 2.91 bits per heavy atom. The van der Waals surface area contributed by atoms with E-state index in [9.17, 15) is 9.90 Å². The number of benzene rings is 1. The van der Waals surface area contributed by atoms with Crippen LogP contribution >= 0.6 is 0 Å². The van der Waals surface area contributed by atoms with Crippen LogP contribution < -0.4 is 15.4 Å². The number of carbonyl (C=O) groups excluding carboxylic acids is 1. The topological polar surface area (TPSA) is 73.8 Å². The van der Waals surface area contributed by atoms with Crippen molar-refractivity contribution in [2.45, 2.75) is 38.0 Å². The Bertz CT molecular complexity index is 558. The Morgan fingerprint density at radius 2 is 2.17 bits per heavy atom. The van der Waals surface area contributed by atoms with E-state index >= 15 is 0 Å². The zero-order valence-corrected chi connectivity index (χ0v) is 13.5. The average Bonchev–Trinajstić information content (AvgIpc) is 2.76. The van der Waals surface area contributed by atoms with Crippen molar-refractivity contribution in [3.8, 4) is 5.75 Å². The lowest BCUT2D eigenvalue weighted by atomic mass is 9.87. The lowest BCUT2D eigenvalue weighted by molar-refractivity contribution is -0.0114. The fourth-order valence-corrected chi connectivity index (χ4v) is 3.37. The van der Waals surface area contributed by atoms with Gasteiger partial charge < -0.3 is 20.5 Å². The standard InChI is InChI=1S/C17H25N3O3/c1-13-4-2-5-14(12-13)23-11-3-10-20-15(21)17(19-16(20)22)6-8-18-9-7-17/h2,4-5,12,15,18,21H,3,6-11H2,1H3,(H,19,22). The smallest absolute Gasteiger partial charge is 0.320 e. The minimum Gasteiger partial charge on any atom is -0.494 e. The molecule has 0 saturated carbocycles. The molecule has 3 N–H and O–H groups in total. The molecule has 2 aliphatic heterocycles. The summed E-state index contributed by atoms with van der Waals surface area (Å²) in [6.45, 7) is 4.68. The first kappa shape index (κ1) is 16.1. The SMILES string of the molecule is Cc1cccc(OCCCN2C(=O)NC3(CCNCC3)C2O)c1. The Morgan fingerprint density at radius 1 is 1.39 bits per heavy atom. The first-order valence-corrected chi connectivity index (χ1v) is 8.28. The first-order valence-electron chi connectivity index (χ1n) is 8.28. The zero-order valence-electron chi connectivity index (χ0n) is 13.5. The van der Waals surface area contributed by atoms with Gasteiger partial charge in [0.05, 0.1) is 12.1 Å². The highest BCUT2D eigenvalue weighted by Crippen LogP contribution is 2.30. The predicted octanol–water partition coefficient (Wildman–Crippen LogP) is 1.23. The number of aliphatic hydroxyl groups excluding tert-OH is 1. The van der Waals surface area contributed by atoms with Crippen molar-refractivity contribution in [2.75, 3.05) is 26.2 Å². The van der Waals surface area contributed by atoms with Crippen molar-refractivity contribution in [3.05, 3.63) is 29.8 Å². The summed E-state index contributed by atoms with van der Waals surface area (Å²) in [5, 5.41) is 16.8. The molecule has 1 aromatic carbocycles. The fraction of sp³-hybridized carbons (Fsp3) is 0.588. The Balaban J connectivity index is 1.49. The Kier molecular flexibility index (Phi) is 4.73. The molecule has 0 bridgehead atoms. The summed E-state index contributed by atoms with van der Waals surface area (Å²) in [7, 11) is 0. The van der Waals surface area contributed by atoms with Gasteiger partial charge >= 0.3 is 6.03 Å². The van der Waals surface area contributed by atoms with Crippen LogP contribution in [0.1, 0.15) is 24.8 Å². The third-order valence-corrected chi connectivity index (χ3v) is 4.70. The molecule has 2 heterocycles. The van der Waals surface area contributed by atoms with Gasteiger partial charge in [0, 0.05) is 6.54 Å². The molecule has 6 nitrogen and oxygen atoms in total. The van der Waals surface area contributed by atoms with Crippen molar-refractivity contribution >= 4 is 6.03 Å². The summed E-state index contributed by atoms with van der Waals surface area (Å²) in [5.74, 6) is 0.839. The van der Waals surface area contributed by atoms with Gasteiger partial charge in [-0.2, -0.15) is 0 Å². The minimum atomic E-state index is -0.754. The highest BCUT2D eigenvalue weighted by atomic mass is 16.5. The lowest BCUT2D eigenvalue weighted by Crippen LogP contribution is -2.56. The number of hydrogen-bond donors (Lipinski definition) is 3. The molecule has 23 heavy (non-hydrogen) atoms. The lowest BCUT2D eigenvalue weighted by Gasteiger charge is -2.36. The first-order chi connectivity index (χ1) is 11.1. The molecule has 1 spiro atoms. The number of piperidine rings is 1. The van der Waals surface area contributed by atoms with Crippen molar-refractivity contribution < 1.29 is 14.6 Å². The molecule has 6 heteroatoms. The van der Waals surface area contributed by atoms with Crippen LogP contribution in [0.4, 0.5) is 4.79 Å². The molecule has 3 rings (SSSR count). The second kappa shape index (κ2) is 6.76.